The molecule has 0 spiro atoms. The zero-order valence-corrected chi connectivity index (χ0v) is 18.0. The largest absolute Gasteiger partial charge is 0.486 e. The third kappa shape index (κ3) is 5.51. The Balaban J connectivity index is 1.50. The Labute approximate surface area is 177 Å². The molecule has 1 heterocycles. The Kier molecular flexibility index (Phi) is 6.95. The van der Waals surface area contributed by atoms with E-state index in [9.17, 15) is 9.59 Å². The maximum Gasteiger partial charge on any atom is 0.279 e. The lowest BCUT2D eigenvalue weighted by atomic mass is 10.1. The van der Waals surface area contributed by atoms with E-state index in [-0.39, 0.29) is 30.9 Å². The van der Waals surface area contributed by atoms with Crippen molar-refractivity contribution in [1.82, 2.24) is 5.32 Å². The molecule has 3 N–H and O–H groups in total. The lowest BCUT2D eigenvalue weighted by Crippen LogP contribution is -3.11. The van der Waals surface area contributed by atoms with E-state index >= 15 is 0 Å². The van der Waals surface area contributed by atoms with Crippen molar-refractivity contribution in [2.45, 2.75) is 26.8 Å². The fourth-order valence-corrected chi connectivity index (χ4v) is 3.51. The predicted molar refractivity (Wildman–Crippen MR) is 115 cm³/mol. The first kappa shape index (κ1) is 21.6. The highest BCUT2D eigenvalue weighted by atomic mass is 16.6. The summed E-state index contributed by atoms with van der Waals surface area (Å²) in [6.45, 7) is 7.33. The summed E-state index contributed by atoms with van der Waals surface area (Å²) in [4.78, 5) is 25.7. The minimum absolute atomic E-state index is 0.113. The predicted octanol–water partition coefficient (Wildman–Crippen LogP) is 1.41. The van der Waals surface area contributed by atoms with Gasteiger partial charge in [0.05, 0.1) is 13.1 Å². The van der Waals surface area contributed by atoms with E-state index in [1.165, 1.54) is 0 Å². The van der Waals surface area contributed by atoms with Crippen molar-refractivity contribution >= 4 is 17.5 Å². The summed E-state index contributed by atoms with van der Waals surface area (Å²) in [5.41, 5.74) is 3.82. The average Bonchev–Trinajstić information content (AvgIpc) is 2.70. The zero-order valence-electron chi connectivity index (χ0n) is 18.0. The van der Waals surface area contributed by atoms with Crippen molar-refractivity contribution < 1.29 is 24.0 Å². The Bertz CT molecular complexity index is 908. The first-order chi connectivity index (χ1) is 14.3. The highest BCUT2D eigenvalue weighted by Crippen LogP contribution is 2.32. The monoisotopic (exact) mass is 412 g/mol. The second-order valence-corrected chi connectivity index (χ2v) is 7.82. The van der Waals surface area contributed by atoms with Gasteiger partial charge in [0.2, 0.25) is 0 Å². The molecular weight excluding hydrogens is 382 g/mol. The van der Waals surface area contributed by atoms with E-state index in [1.807, 2.05) is 64.2 Å². The lowest BCUT2D eigenvalue weighted by Gasteiger charge is -2.21. The van der Waals surface area contributed by atoms with Crippen LogP contribution in [0.25, 0.3) is 0 Å². The van der Waals surface area contributed by atoms with Gasteiger partial charge in [-0.1, -0.05) is 24.3 Å². The first-order valence-electron chi connectivity index (χ1n) is 10.2. The molecule has 2 aromatic carbocycles. The number of hydrogen-bond donors (Lipinski definition) is 3. The summed E-state index contributed by atoms with van der Waals surface area (Å²) in [7, 11) is 1.83. The number of ether oxygens (including phenoxy) is 2. The van der Waals surface area contributed by atoms with Gasteiger partial charge in [-0.3, -0.25) is 9.59 Å². The van der Waals surface area contributed by atoms with Crippen LogP contribution in [0.4, 0.5) is 5.69 Å². The van der Waals surface area contributed by atoms with E-state index in [4.69, 9.17) is 9.47 Å². The number of likely N-dealkylation sites (N-methyl/N-ethyl adjacent to an activating group) is 1. The van der Waals surface area contributed by atoms with Crippen molar-refractivity contribution in [2.75, 3.05) is 38.7 Å². The molecule has 0 fully saturated rings. The van der Waals surface area contributed by atoms with Crippen LogP contribution in [0, 0.1) is 13.8 Å². The van der Waals surface area contributed by atoms with Crippen LogP contribution in [0.3, 0.4) is 0 Å². The topological polar surface area (TPSA) is 81.1 Å². The minimum atomic E-state index is -0.176. The molecule has 1 aliphatic heterocycles. The number of aryl methyl sites for hydroxylation is 2. The van der Waals surface area contributed by atoms with Crippen molar-refractivity contribution in [3.63, 3.8) is 0 Å². The van der Waals surface area contributed by atoms with Gasteiger partial charge in [0, 0.05) is 5.69 Å². The van der Waals surface area contributed by atoms with Gasteiger partial charge in [-0.15, -0.1) is 0 Å². The number of para-hydroxylation sites is 1. The number of carbonyl (C=O) groups excluding carboxylic acids is 2. The van der Waals surface area contributed by atoms with Crippen LogP contribution in [0.5, 0.6) is 11.5 Å². The SMILES string of the molecule is Cc1cccc(C)c1NC(=O)C[NH+](C)CC(=O)N[C@H](C)c1ccc2c(c1)OCCO2. The van der Waals surface area contributed by atoms with Crippen molar-refractivity contribution in [2.24, 2.45) is 0 Å². The molecule has 1 aliphatic rings. The zero-order chi connectivity index (χ0) is 21.7. The van der Waals surface area contributed by atoms with Crippen LogP contribution in [-0.2, 0) is 9.59 Å². The smallest absolute Gasteiger partial charge is 0.279 e. The normalized spacial score (nSPS) is 14.5. The van der Waals surface area contributed by atoms with Crippen molar-refractivity contribution in [3.8, 4) is 11.5 Å². The van der Waals surface area contributed by atoms with Gasteiger partial charge in [-0.05, 0) is 49.6 Å². The molecule has 0 radical (unpaired) electrons. The fraction of sp³-hybridized carbons (Fsp3) is 0.391. The van der Waals surface area contributed by atoms with Gasteiger partial charge in [0.1, 0.15) is 13.2 Å². The van der Waals surface area contributed by atoms with E-state index in [1.54, 1.807) is 0 Å². The third-order valence-electron chi connectivity index (χ3n) is 5.11. The molecule has 7 heteroatoms. The molecule has 0 aromatic heterocycles. The number of rotatable bonds is 7. The standard InChI is InChI=1S/C23H29N3O4/c1-15-6-5-7-16(2)23(15)25-22(28)14-26(4)13-21(27)24-17(3)18-8-9-19-20(12-18)30-11-10-29-19/h5-9,12,17H,10-11,13-14H2,1-4H3,(H,24,27)(H,25,28)/p+1/t17-/m1/s1. The highest BCUT2D eigenvalue weighted by molar-refractivity contribution is 5.93. The summed E-state index contributed by atoms with van der Waals surface area (Å²) < 4.78 is 11.1. The highest BCUT2D eigenvalue weighted by Gasteiger charge is 2.19. The van der Waals surface area contributed by atoms with E-state index in [0.29, 0.717) is 19.0 Å². The van der Waals surface area contributed by atoms with E-state index in [0.717, 1.165) is 33.0 Å². The average molecular weight is 413 g/mol. The third-order valence-corrected chi connectivity index (χ3v) is 5.11. The maximum absolute atomic E-state index is 12.5. The molecule has 160 valence electrons. The molecule has 30 heavy (non-hydrogen) atoms. The molecule has 0 aliphatic carbocycles. The number of nitrogens with one attached hydrogen (secondary N) is 3. The maximum atomic E-state index is 12.5. The number of anilines is 1. The number of benzene rings is 2. The van der Waals surface area contributed by atoms with Crippen LogP contribution in [-0.4, -0.2) is 45.2 Å². The Morgan fingerprint density at radius 2 is 1.63 bits per heavy atom. The van der Waals surface area contributed by atoms with Crippen LogP contribution < -0.4 is 25.0 Å². The van der Waals surface area contributed by atoms with Gasteiger partial charge >= 0.3 is 0 Å². The van der Waals surface area contributed by atoms with Crippen LogP contribution in [0.1, 0.15) is 29.7 Å². The first-order valence-corrected chi connectivity index (χ1v) is 10.2. The second kappa shape index (κ2) is 9.63. The quantitative estimate of drug-likeness (QED) is 0.642. The molecular formula is C23H30N3O4+. The van der Waals surface area contributed by atoms with Gasteiger partial charge in [0.15, 0.2) is 24.6 Å². The number of amides is 2. The van der Waals surface area contributed by atoms with Crippen LogP contribution in [0.15, 0.2) is 36.4 Å². The Morgan fingerprint density at radius 3 is 2.33 bits per heavy atom. The Morgan fingerprint density at radius 1 is 1.00 bits per heavy atom. The van der Waals surface area contributed by atoms with Gasteiger partial charge < -0.3 is 25.0 Å². The molecule has 2 amide bonds. The molecule has 3 rings (SSSR count). The van der Waals surface area contributed by atoms with Gasteiger partial charge in [0.25, 0.3) is 11.8 Å². The van der Waals surface area contributed by atoms with Gasteiger partial charge in [-0.25, -0.2) is 0 Å². The molecule has 0 saturated heterocycles. The number of hydrogen-bond acceptors (Lipinski definition) is 4. The van der Waals surface area contributed by atoms with Crippen LogP contribution >= 0.6 is 0 Å². The number of fused-ring (bicyclic) bond motifs is 1. The van der Waals surface area contributed by atoms with Gasteiger partial charge in [-0.2, -0.15) is 0 Å². The summed E-state index contributed by atoms with van der Waals surface area (Å²) in [5.74, 6) is 1.20. The molecule has 0 saturated carbocycles. The fourth-order valence-electron chi connectivity index (χ4n) is 3.51. The van der Waals surface area contributed by atoms with E-state index in [2.05, 4.69) is 10.6 Å². The summed E-state index contributed by atoms with van der Waals surface area (Å²) in [6.07, 6.45) is 0. The Hall–Kier alpha value is -3.06. The summed E-state index contributed by atoms with van der Waals surface area (Å²) >= 11 is 0. The van der Waals surface area contributed by atoms with Crippen LogP contribution in [0.2, 0.25) is 0 Å². The summed E-state index contributed by atoms with van der Waals surface area (Å²) in [6, 6.07) is 11.4. The second-order valence-electron chi connectivity index (χ2n) is 7.82. The lowest BCUT2D eigenvalue weighted by molar-refractivity contribution is -0.862. The molecule has 2 aromatic rings. The van der Waals surface area contributed by atoms with Crippen molar-refractivity contribution in [3.05, 3.63) is 53.1 Å². The van der Waals surface area contributed by atoms with E-state index < -0.39 is 0 Å². The summed E-state index contributed by atoms with van der Waals surface area (Å²) in [5, 5.41) is 5.95. The molecule has 1 unspecified atom stereocenters. The number of carbonyl (C=O) groups is 2. The minimum Gasteiger partial charge on any atom is -0.486 e. The molecule has 0 bridgehead atoms. The van der Waals surface area contributed by atoms with Crippen molar-refractivity contribution in [1.29, 1.82) is 0 Å². The molecule has 7 nitrogen and oxygen atoms in total. The molecule has 2 atom stereocenters. The number of quaternary nitrogens is 1.